The molecule has 2 aromatic carbocycles. The van der Waals surface area contributed by atoms with Gasteiger partial charge in [-0.15, -0.1) is 0 Å². The van der Waals surface area contributed by atoms with Crippen LogP contribution in [0, 0.1) is 0 Å². The zero-order valence-electron chi connectivity index (χ0n) is 16.5. The molecular formula is C24H21N3O3. The minimum atomic E-state index is -0.248. The number of aromatic nitrogens is 2. The van der Waals surface area contributed by atoms with E-state index in [1.807, 2.05) is 36.5 Å². The predicted molar refractivity (Wildman–Crippen MR) is 116 cm³/mol. The molecule has 30 heavy (non-hydrogen) atoms. The molecule has 6 heteroatoms. The number of nitrogens with one attached hydrogen (secondary N) is 2. The molecule has 0 unspecified atom stereocenters. The Morgan fingerprint density at radius 1 is 1.13 bits per heavy atom. The Balaban J connectivity index is 1.58. The van der Waals surface area contributed by atoms with E-state index in [2.05, 4.69) is 15.3 Å². The summed E-state index contributed by atoms with van der Waals surface area (Å²) >= 11 is 0. The molecule has 0 aliphatic heterocycles. The molecule has 2 heterocycles. The number of aromatic amines is 1. The number of methoxy groups -OCH3 is 1. The van der Waals surface area contributed by atoms with Crippen molar-refractivity contribution in [3.63, 3.8) is 0 Å². The zero-order valence-corrected chi connectivity index (χ0v) is 16.5. The monoisotopic (exact) mass is 399 g/mol. The Hall–Kier alpha value is -3.80. The number of para-hydroxylation sites is 1. The predicted octanol–water partition coefficient (Wildman–Crippen LogP) is 4.50. The molecule has 1 aliphatic carbocycles. The van der Waals surface area contributed by atoms with Crippen molar-refractivity contribution in [3.8, 4) is 33.8 Å². The van der Waals surface area contributed by atoms with Gasteiger partial charge in [0.25, 0.3) is 5.91 Å². The minimum Gasteiger partial charge on any atom is -0.507 e. The third-order valence-corrected chi connectivity index (χ3v) is 5.42. The van der Waals surface area contributed by atoms with Gasteiger partial charge < -0.3 is 20.1 Å². The first-order valence-corrected chi connectivity index (χ1v) is 9.89. The number of pyridine rings is 1. The van der Waals surface area contributed by atoms with Gasteiger partial charge in [0, 0.05) is 40.5 Å². The number of hydrogen-bond donors (Lipinski definition) is 3. The van der Waals surface area contributed by atoms with Crippen LogP contribution in [0.4, 0.5) is 0 Å². The second kappa shape index (κ2) is 7.22. The number of phenolic OH excluding ortho intramolecular Hbond substituents is 1. The van der Waals surface area contributed by atoms with Crippen molar-refractivity contribution in [2.24, 2.45) is 0 Å². The second-order valence-corrected chi connectivity index (χ2v) is 7.50. The summed E-state index contributed by atoms with van der Waals surface area (Å²) in [6.45, 7) is 0. The van der Waals surface area contributed by atoms with Crippen molar-refractivity contribution in [2.75, 3.05) is 7.11 Å². The average Bonchev–Trinajstić information content (AvgIpc) is 3.49. The topological polar surface area (TPSA) is 87.2 Å². The van der Waals surface area contributed by atoms with Crippen molar-refractivity contribution < 1.29 is 14.6 Å². The van der Waals surface area contributed by atoms with E-state index in [0.29, 0.717) is 0 Å². The molecule has 2 aromatic heterocycles. The molecule has 1 fully saturated rings. The van der Waals surface area contributed by atoms with Crippen LogP contribution in [-0.4, -0.2) is 34.1 Å². The van der Waals surface area contributed by atoms with Gasteiger partial charge in [0.2, 0.25) is 0 Å². The van der Waals surface area contributed by atoms with Gasteiger partial charge in [-0.3, -0.25) is 4.79 Å². The van der Waals surface area contributed by atoms with Gasteiger partial charge in [0.05, 0.1) is 12.7 Å². The fraction of sp³-hybridized carbons (Fsp3) is 0.167. The summed E-state index contributed by atoms with van der Waals surface area (Å²) in [6, 6.07) is 15.2. The Morgan fingerprint density at radius 2 is 1.97 bits per heavy atom. The lowest BCUT2D eigenvalue weighted by Gasteiger charge is -2.10. The lowest BCUT2D eigenvalue weighted by molar-refractivity contribution is 0.0948. The molecule has 0 saturated heterocycles. The molecule has 0 spiro atoms. The Bertz CT molecular complexity index is 1260. The van der Waals surface area contributed by atoms with Gasteiger partial charge in [-0.25, -0.2) is 4.98 Å². The number of nitrogens with zero attached hydrogens (tertiary/aromatic N) is 1. The number of carbonyl (C=O) groups excluding carboxylic acids is 1. The molecule has 0 bridgehead atoms. The Kier molecular flexibility index (Phi) is 4.39. The summed E-state index contributed by atoms with van der Waals surface area (Å²) in [7, 11) is 1.65. The fourth-order valence-electron chi connectivity index (χ4n) is 3.64. The summed E-state index contributed by atoms with van der Waals surface area (Å²) in [5, 5.41) is 14.1. The summed E-state index contributed by atoms with van der Waals surface area (Å²) in [6.07, 6.45) is 5.67. The first-order chi connectivity index (χ1) is 14.6. The van der Waals surface area contributed by atoms with E-state index in [1.54, 1.807) is 31.5 Å². The van der Waals surface area contributed by atoms with Crippen LogP contribution in [0.5, 0.6) is 11.5 Å². The Labute approximate surface area is 173 Å². The molecule has 150 valence electrons. The first-order valence-electron chi connectivity index (χ1n) is 9.89. The van der Waals surface area contributed by atoms with Crippen molar-refractivity contribution in [3.05, 3.63) is 66.5 Å². The van der Waals surface area contributed by atoms with Crippen molar-refractivity contribution in [1.82, 2.24) is 15.3 Å². The number of fused-ring (bicyclic) bond motifs is 1. The number of aromatic hydroxyl groups is 1. The van der Waals surface area contributed by atoms with Crippen LogP contribution in [0.15, 0.2) is 60.9 Å². The van der Waals surface area contributed by atoms with E-state index in [1.165, 1.54) is 0 Å². The van der Waals surface area contributed by atoms with Crippen molar-refractivity contribution in [2.45, 2.75) is 18.9 Å². The number of ether oxygens (including phenoxy) is 1. The molecular weight excluding hydrogens is 378 g/mol. The maximum atomic E-state index is 12.5. The molecule has 1 saturated carbocycles. The van der Waals surface area contributed by atoms with E-state index >= 15 is 0 Å². The number of phenols is 1. The molecule has 6 nitrogen and oxygen atoms in total. The van der Waals surface area contributed by atoms with E-state index in [0.717, 1.165) is 51.9 Å². The molecule has 1 aliphatic rings. The van der Waals surface area contributed by atoms with Gasteiger partial charge >= 0.3 is 0 Å². The van der Waals surface area contributed by atoms with Gasteiger partial charge in [0.1, 0.15) is 17.1 Å². The molecule has 1 amide bonds. The third-order valence-electron chi connectivity index (χ3n) is 5.42. The quantitative estimate of drug-likeness (QED) is 0.461. The summed E-state index contributed by atoms with van der Waals surface area (Å²) < 4.78 is 5.52. The summed E-state index contributed by atoms with van der Waals surface area (Å²) in [5.41, 5.74) is 4.68. The fourth-order valence-corrected chi connectivity index (χ4v) is 3.64. The van der Waals surface area contributed by atoms with Crippen LogP contribution in [0.1, 0.15) is 23.2 Å². The highest BCUT2D eigenvalue weighted by Crippen LogP contribution is 2.36. The molecule has 0 radical (unpaired) electrons. The van der Waals surface area contributed by atoms with E-state index in [-0.39, 0.29) is 23.3 Å². The van der Waals surface area contributed by atoms with Crippen molar-refractivity contribution >= 4 is 16.9 Å². The van der Waals surface area contributed by atoms with Crippen LogP contribution in [0.25, 0.3) is 33.3 Å². The first kappa shape index (κ1) is 18.2. The van der Waals surface area contributed by atoms with Crippen LogP contribution < -0.4 is 10.1 Å². The molecule has 5 rings (SSSR count). The summed E-state index contributed by atoms with van der Waals surface area (Å²) in [5.74, 6) is 0.511. The lowest BCUT2D eigenvalue weighted by atomic mass is 10.00. The highest BCUT2D eigenvalue weighted by molar-refractivity contribution is 6.00. The number of amides is 1. The third kappa shape index (κ3) is 3.26. The highest BCUT2D eigenvalue weighted by atomic mass is 16.5. The normalized spacial score (nSPS) is 13.4. The maximum Gasteiger partial charge on any atom is 0.255 e. The van der Waals surface area contributed by atoms with Crippen LogP contribution in [-0.2, 0) is 0 Å². The maximum absolute atomic E-state index is 12.5. The average molecular weight is 399 g/mol. The molecule has 4 aromatic rings. The minimum absolute atomic E-state index is 0.0257. The lowest BCUT2D eigenvalue weighted by Crippen LogP contribution is -2.25. The van der Waals surface area contributed by atoms with E-state index in [4.69, 9.17) is 4.74 Å². The SMILES string of the molecule is COc1ccccc1-c1c[nH]c2ncc(-c3ccc(O)c(C(=O)NC4CC4)c3)cc12. The van der Waals surface area contributed by atoms with Gasteiger partial charge in [-0.2, -0.15) is 0 Å². The van der Waals surface area contributed by atoms with E-state index in [9.17, 15) is 9.90 Å². The number of hydrogen-bond acceptors (Lipinski definition) is 4. The van der Waals surface area contributed by atoms with Gasteiger partial charge in [0.15, 0.2) is 0 Å². The van der Waals surface area contributed by atoms with Gasteiger partial charge in [-0.05, 0) is 42.7 Å². The molecule has 3 N–H and O–H groups in total. The van der Waals surface area contributed by atoms with Gasteiger partial charge in [-0.1, -0.05) is 24.3 Å². The smallest absolute Gasteiger partial charge is 0.255 e. The standard InChI is InChI=1S/C24H21N3O3/c1-30-22-5-3-2-4-17(22)20-13-26-23-18(20)11-15(12-25-23)14-6-9-21(28)19(10-14)24(29)27-16-7-8-16/h2-6,9-13,16,28H,7-8H2,1H3,(H,25,26)(H,27,29). The zero-order chi connectivity index (χ0) is 20.7. The van der Waals surface area contributed by atoms with E-state index < -0.39 is 0 Å². The van der Waals surface area contributed by atoms with Crippen LogP contribution >= 0.6 is 0 Å². The number of benzene rings is 2. The van der Waals surface area contributed by atoms with Crippen molar-refractivity contribution in [1.29, 1.82) is 0 Å². The Morgan fingerprint density at radius 3 is 2.77 bits per heavy atom. The highest BCUT2D eigenvalue weighted by Gasteiger charge is 2.25. The second-order valence-electron chi connectivity index (χ2n) is 7.50. The largest absolute Gasteiger partial charge is 0.507 e. The van der Waals surface area contributed by atoms with Crippen LogP contribution in [0.2, 0.25) is 0 Å². The molecule has 0 atom stereocenters. The summed E-state index contributed by atoms with van der Waals surface area (Å²) in [4.78, 5) is 20.2. The number of rotatable bonds is 5. The van der Waals surface area contributed by atoms with Crippen LogP contribution in [0.3, 0.4) is 0 Å². The number of carbonyl (C=O) groups is 1. The number of H-pyrrole nitrogens is 1.